The second-order valence-electron chi connectivity index (χ2n) is 9.11. The molecule has 0 saturated heterocycles. The van der Waals surface area contributed by atoms with Gasteiger partial charge < -0.3 is 5.11 Å². The molecule has 0 fully saturated rings. The molecule has 0 aromatic heterocycles. The van der Waals surface area contributed by atoms with Crippen LogP contribution in [0.2, 0.25) is 0 Å². The summed E-state index contributed by atoms with van der Waals surface area (Å²) in [5.74, 6) is 4.99. The van der Waals surface area contributed by atoms with E-state index in [0.717, 1.165) is 32.1 Å². The van der Waals surface area contributed by atoms with Crippen molar-refractivity contribution in [2.45, 2.75) is 155 Å². The van der Waals surface area contributed by atoms with Gasteiger partial charge in [-0.25, -0.2) is 0 Å². The molecular weight excluding hydrogens is 368 g/mol. The second-order valence-corrected chi connectivity index (χ2v) is 9.11. The van der Waals surface area contributed by atoms with Crippen LogP contribution in [0.15, 0.2) is 0 Å². The molecule has 0 amide bonds. The number of carboxylic acid groups (broad SMARTS) is 1. The topological polar surface area (TPSA) is 37.3 Å². The molecule has 30 heavy (non-hydrogen) atoms. The van der Waals surface area contributed by atoms with Gasteiger partial charge in [-0.05, 0) is 12.8 Å². The second kappa shape index (κ2) is 24.3. The fraction of sp³-hybridized carbons (Fsp3) is 0.893. The molecular formula is C28H52O2. The Hall–Kier alpha value is -0.970. The Morgan fingerprint density at radius 2 is 0.967 bits per heavy atom. The Labute approximate surface area is 189 Å². The van der Waals surface area contributed by atoms with E-state index in [1.54, 1.807) is 0 Å². The van der Waals surface area contributed by atoms with Gasteiger partial charge in [0, 0.05) is 6.42 Å². The highest BCUT2D eigenvalue weighted by molar-refractivity contribution is 5.73. The molecule has 0 radical (unpaired) electrons. The summed E-state index contributed by atoms with van der Waals surface area (Å²) in [6.45, 7) is 4.52. The van der Waals surface area contributed by atoms with Crippen LogP contribution in [0.1, 0.15) is 155 Å². The van der Waals surface area contributed by atoms with E-state index in [2.05, 4.69) is 25.7 Å². The number of carboxylic acids is 1. The van der Waals surface area contributed by atoms with Crippen LogP contribution in [0.5, 0.6) is 0 Å². The molecule has 2 nitrogen and oxygen atoms in total. The molecule has 1 N–H and O–H groups in total. The van der Waals surface area contributed by atoms with Gasteiger partial charge in [0.2, 0.25) is 0 Å². The van der Waals surface area contributed by atoms with Crippen LogP contribution >= 0.6 is 0 Å². The molecule has 0 aliphatic rings. The maximum absolute atomic E-state index is 11.4. The maximum Gasteiger partial charge on any atom is 0.318 e. The summed E-state index contributed by atoms with van der Waals surface area (Å²) >= 11 is 0. The predicted molar refractivity (Wildman–Crippen MR) is 132 cm³/mol. The largest absolute Gasteiger partial charge is 0.480 e. The van der Waals surface area contributed by atoms with E-state index < -0.39 is 11.9 Å². The Morgan fingerprint density at radius 1 is 0.600 bits per heavy atom. The lowest BCUT2D eigenvalue weighted by Crippen LogP contribution is -2.11. The molecule has 0 aliphatic heterocycles. The third-order valence-electron chi connectivity index (χ3n) is 6.08. The molecule has 2 heteroatoms. The van der Waals surface area contributed by atoms with Crippen molar-refractivity contribution >= 4 is 5.97 Å². The van der Waals surface area contributed by atoms with Crippen LogP contribution in [0.3, 0.4) is 0 Å². The molecule has 176 valence electrons. The Kier molecular flexibility index (Phi) is 23.5. The van der Waals surface area contributed by atoms with Crippen LogP contribution < -0.4 is 0 Å². The summed E-state index contributed by atoms with van der Waals surface area (Å²) in [7, 11) is 0. The summed E-state index contributed by atoms with van der Waals surface area (Å²) in [5.41, 5.74) is 0. The van der Waals surface area contributed by atoms with Gasteiger partial charge in [-0.1, -0.05) is 142 Å². The van der Waals surface area contributed by atoms with Gasteiger partial charge in [-0.3, -0.25) is 4.79 Å². The molecule has 0 spiro atoms. The molecule has 0 rings (SSSR count). The van der Waals surface area contributed by atoms with E-state index in [4.69, 9.17) is 0 Å². The summed E-state index contributed by atoms with van der Waals surface area (Å²) in [6, 6.07) is 0. The molecule has 1 atom stereocenters. The minimum Gasteiger partial charge on any atom is -0.480 e. The fourth-order valence-electron chi connectivity index (χ4n) is 3.99. The van der Waals surface area contributed by atoms with Crippen LogP contribution in [0, 0.1) is 17.8 Å². The van der Waals surface area contributed by atoms with E-state index in [9.17, 15) is 9.90 Å². The molecule has 0 bridgehead atoms. The molecule has 0 aliphatic carbocycles. The van der Waals surface area contributed by atoms with Crippen LogP contribution in [-0.2, 0) is 4.79 Å². The van der Waals surface area contributed by atoms with Crippen molar-refractivity contribution in [3.63, 3.8) is 0 Å². The minimum atomic E-state index is -0.735. The van der Waals surface area contributed by atoms with Gasteiger partial charge >= 0.3 is 5.97 Å². The zero-order valence-corrected chi connectivity index (χ0v) is 20.5. The van der Waals surface area contributed by atoms with Crippen molar-refractivity contribution in [3.05, 3.63) is 0 Å². The quantitative estimate of drug-likeness (QED) is 0.140. The standard InChI is InChI=1S/C28H52O2/c1-3-5-7-9-11-13-15-16-18-20-22-24-26-27(28(29)30)25-23-21-19-17-14-12-10-8-6-4-2/h27H,3-23,25H2,1-2H3,(H,29,30). The number of aliphatic carboxylic acids is 1. The normalized spacial score (nSPS) is 11.8. The number of rotatable bonds is 22. The Balaban J connectivity index is 3.58. The SMILES string of the molecule is CCCCCCCCCCCCC#CC(CCCCCCCCCCCC)C(=O)O. The zero-order chi connectivity index (χ0) is 22.1. The molecule has 0 heterocycles. The number of unbranched alkanes of at least 4 members (excludes halogenated alkanes) is 19. The first-order chi connectivity index (χ1) is 14.7. The number of hydrogen-bond donors (Lipinski definition) is 1. The van der Waals surface area contributed by atoms with Crippen molar-refractivity contribution in [1.82, 2.24) is 0 Å². The van der Waals surface area contributed by atoms with Crippen LogP contribution in [0.4, 0.5) is 0 Å². The lowest BCUT2D eigenvalue weighted by Gasteiger charge is -2.06. The fourth-order valence-corrected chi connectivity index (χ4v) is 3.99. The van der Waals surface area contributed by atoms with Gasteiger partial charge in [0.1, 0.15) is 5.92 Å². The lowest BCUT2D eigenvalue weighted by molar-refractivity contribution is -0.139. The summed E-state index contributed by atoms with van der Waals surface area (Å²) in [5, 5.41) is 9.39. The Bertz CT molecular complexity index is 418. The van der Waals surface area contributed by atoms with Gasteiger partial charge in [-0.15, -0.1) is 5.92 Å². The van der Waals surface area contributed by atoms with Crippen molar-refractivity contribution in [3.8, 4) is 11.8 Å². The van der Waals surface area contributed by atoms with E-state index in [-0.39, 0.29) is 0 Å². The lowest BCUT2D eigenvalue weighted by atomic mass is 10.00. The molecule has 0 saturated carbocycles. The van der Waals surface area contributed by atoms with Crippen LogP contribution in [0.25, 0.3) is 0 Å². The van der Waals surface area contributed by atoms with Gasteiger partial charge in [-0.2, -0.15) is 0 Å². The highest BCUT2D eigenvalue weighted by atomic mass is 16.4. The van der Waals surface area contributed by atoms with E-state index >= 15 is 0 Å². The molecule has 1 unspecified atom stereocenters. The first kappa shape index (κ1) is 29.0. The van der Waals surface area contributed by atoms with Crippen LogP contribution in [-0.4, -0.2) is 11.1 Å². The first-order valence-corrected chi connectivity index (χ1v) is 13.4. The van der Waals surface area contributed by atoms with Crippen molar-refractivity contribution in [1.29, 1.82) is 0 Å². The van der Waals surface area contributed by atoms with Gasteiger partial charge in [0.25, 0.3) is 0 Å². The smallest absolute Gasteiger partial charge is 0.318 e. The maximum atomic E-state index is 11.4. The number of hydrogen-bond acceptors (Lipinski definition) is 1. The number of carbonyl (C=O) groups is 1. The highest BCUT2D eigenvalue weighted by Crippen LogP contribution is 2.15. The monoisotopic (exact) mass is 420 g/mol. The van der Waals surface area contributed by atoms with Gasteiger partial charge in [0.15, 0.2) is 0 Å². The minimum absolute atomic E-state index is 0.456. The average Bonchev–Trinajstić information content (AvgIpc) is 2.74. The summed E-state index contributed by atoms with van der Waals surface area (Å²) in [6.07, 6.45) is 27.7. The third-order valence-corrected chi connectivity index (χ3v) is 6.08. The van der Waals surface area contributed by atoms with E-state index in [1.807, 2.05) is 0 Å². The van der Waals surface area contributed by atoms with E-state index in [1.165, 1.54) is 109 Å². The Morgan fingerprint density at radius 3 is 1.37 bits per heavy atom. The average molecular weight is 421 g/mol. The highest BCUT2D eigenvalue weighted by Gasteiger charge is 2.13. The van der Waals surface area contributed by atoms with Crippen molar-refractivity contribution in [2.24, 2.45) is 5.92 Å². The van der Waals surface area contributed by atoms with E-state index in [0.29, 0.717) is 0 Å². The van der Waals surface area contributed by atoms with Crippen molar-refractivity contribution in [2.75, 3.05) is 0 Å². The summed E-state index contributed by atoms with van der Waals surface area (Å²) < 4.78 is 0. The predicted octanol–water partition coefficient (Wildman–Crippen LogP) is 9.31. The van der Waals surface area contributed by atoms with Crippen molar-refractivity contribution < 1.29 is 9.90 Å². The zero-order valence-electron chi connectivity index (χ0n) is 20.5. The summed E-state index contributed by atoms with van der Waals surface area (Å²) in [4.78, 5) is 11.4. The third kappa shape index (κ3) is 21.7. The molecule has 0 aromatic rings. The molecule has 0 aromatic carbocycles. The first-order valence-electron chi connectivity index (χ1n) is 13.4. The van der Waals surface area contributed by atoms with Gasteiger partial charge in [0.05, 0.1) is 0 Å².